The largest absolute Gasteiger partial charge is 0.512 e. The van der Waals surface area contributed by atoms with Crippen LogP contribution in [0.15, 0.2) is 23.8 Å². The molecule has 0 aromatic carbocycles. The lowest BCUT2D eigenvalue weighted by Crippen LogP contribution is -2.62. The second-order valence-corrected chi connectivity index (χ2v) is 13.0. The molecule has 0 radical (unpaired) electrons. The number of Topliss-reactive ketones (excluding diaryl/α,β-unsaturated/α-hetero) is 1. The number of fused-ring (bicyclic) bond motifs is 5. The molecule has 234 valence electrons. The number of ether oxygens (including phenoxy) is 3. The van der Waals surface area contributed by atoms with E-state index in [-0.39, 0.29) is 49.2 Å². The van der Waals surface area contributed by atoms with Crippen LogP contribution in [-0.4, -0.2) is 63.3 Å². The summed E-state index contributed by atoms with van der Waals surface area (Å²) >= 11 is 0. The first-order valence-electron chi connectivity index (χ1n) is 15.4. The molecule has 42 heavy (non-hydrogen) atoms. The highest BCUT2D eigenvalue weighted by atomic mass is 17.0. The van der Waals surface area contributed by atoms with Crippen LogP contribution in [0.1, 0.15) is 98.3 Å². The van der Waals surface area contributed by atoms with Gasteiger partial charge in [0.15, 0.2) is 11.6 Å². The van der Waals surface area contributed by atoms with Gasteiger partial charge in [-0.2, -0.15) is 0 Å². The first-order chi connectivity index (χ1) is 19.7. The third-order valence-corrected chi connectivity index (χ3v) is 10.4. The summed E-state index contributed by atoms with van der Waals surface area (Å²) < 4.78 is 15.2. The minimum absolute atomic E-state index is 0.0115. The second kappa shape index (κ2) is 12.3. The van der Waals surface area contributed by atoms with Gasteiger partial charge in [-0.05, 0) is 68.9 Å². The molecule has 0 amide bonds. The monoisotopic (exact) mass is 590 g/mol. The summed E-state index contributed by atoms with van der Waals surface area (Å²) in [5.41, 5.74) is -2.35. The zero-order valence-corrected chi connectivity index (χ0v) is 25.2. The maximum atomic E-state index is 13.7. The first kappa shape index (κ1) is 32.5. The van der Waals surface area contributed by atoms with Crippen molar-refractivity contribution in [3.8, 4) is 0 Å². The number of unbranched alkanes of at least 4 members (excludes halogenated alkanes) is 2. The van der Waals surface area contributed by atoms with Gasteiger partial charge in [0.25, 0.3) is 0 Å². The Morgan fingerprint density at radius 1 is 1.05 bits per heavy atom. The lowest BCUT2D eigenvalue weighted by molar-refractivity contribution is -0.448. The van der Waals surface area contributed by atoms with Crippen molar-refractivity contribution in [2.45, 2.75) is 116 Å². The van der Waals surface area contributed by atoms with Crippen molar-refractivity contribution in [2.24, 2.45) is 28.6 Å². The van der Waals surface area contributed by atoms with Gasteiger partial charge in [-0.15, -0.1) is 0 Å². The van der Waals surface area contributed by atoms with Gasteiger partial charge in [0, 0.05) is 29.6 Å². The molecular formula is C32H46O10. The summed E-state index contributed by atoms with van der Waals surface area (Å²) in [6, 6.07) is 0. The fraction of sp³-hybridized carbons (Fsp3) is 0.750. The molecule has 0 aliphatic heterocycles. The van der Waals surface area contributed by atoms with Crippen LogP contribution >= 0.6 is 0 Å². The van der Waals surface area contributed by atoms with Crippen molar-refractivity contribution in [1.29, 1.82) is 0 Å². The Morgan fingerprint density at radius 2 is 1.67 bits per heavy atom. The maximum absolute atomic E-state index is 13.7. The zero-order chi connectivity index (χ0) is 30.9. The van der Waals surface area contributed by atoms with Gasteiger partial charge in [0.05, 0.1) is 6.10 Å². The Morgan fingerprint density at radius 3 is 2.26 bits per heavy atom. The molecule has 4 aliphatic carbocycles. The molecular weight excluding hydrogens is 544 g/mol. The molecule has 4 aliphatic rings. The van der Waals surface area contributed by atoms with Gasteiger partial charge >= 0.3 is 18.1 Å². The molecule has 0 heterocycles. The minimum Gasteiger partial charge on any atom is -0.393 e. The molecule has 0 spiro atoms. The predicted octanol–water partition coefficient (Wildman–Crippen LogP) is 3.65. The van der Waals surface area contributed by atoms with Gasteiger partial charge < -0.3 is 19.7 Å². The van der Waals surface area contributed by atoms with E-state index in [4.69, 9.17) is 14.2 Å². The third kappa shape index (κ3) is 5.87. The van der Waals surface area contributed by atoms with Crippen LogP contribution in [0.4, 0.5) is 0 Å². The van der Waals surface area contributed by atoms with Crippen LogP contribution in [-0.2, 0) is 33.4 Å². The van der Waals surface area contributed by atoms with E-state index >= 15 is 0 Å². The van der Waals surface area contributed by atoms with Crippen molar-refractivity contribution in [3.05, 3.63) is 23.8 Å². The number of allylic oxidation sites excluding steroid dienone is 4. The van der Waals surface area contributed by atoms with E-state index in [0.29, 0.717) is 38.5 Å². The Balaban J connectivity index is 1.51. The average molecular weight is 591 g/mol. The number of hydrogen-bond donors (Lipinski definition) is 3. The lowest BCUT2D eigenvalue weighted by atomic mass is 9.46. The molecule has 1 unspecified atom stereocenters. The number of carbonyl (C=O) groups excluding carboxylic acids is 4. The molecule has 10 nitrogen and oxygen atoms in total. The Labute approximate surface area is 247 Å². The minimum atomic E-state index is -3.11. The van der Waals surface area contributed by atoms with Crippen LogP contribution in [0.3, 0.4) is 0 Å². The second-order valence-electron chi connectivity index (χ2n) is 13.0. The molecule has 0 aromatic rings. The normalized spacial score (nSPS) is 35.5. The Kier molecular flexibility index (Phi) is 9.52. The van der Waals surface area contributed by atoms with Crippen LogP contribution in [0.2, 0.25) is 0 Å². The van der Waals surface area contributed by atoms with E-state index in [2.05, 4.69) is 6.92 Å². The standard InChI is InChI=1S/C32H46O10/c1-5-7-9-26(36)41-32(39,42-27(37)10-8-6-2)40-19-25(35)31(38)16-14-23-22-12-11-20-17-21(33)13-15-29(20,3)28(22)24(34)18-30(23,31)4/h13,15,17,22-24,28,34,38-39H,5-12,14,16,18-19H2,1-4H3/t22-,23-,24?,28+,29-,30-,31-/m0/s1. The molecule has 3 saturated carbocycles. The zero-order valence-electron chi connectivity index (χ0n) is 25.2. The molecule has 0 saturated heterocycles. The van der Waals surface area contributed by atoms with Crippen LogP contribution in [0, 0.1) is 28.6 Å². The van der Waals surface area contributed by atoms with E-state index < -0.39 is 53.0 Å². The highest BCUT2D eigenvalue weighted by molar-refractivity contribution is 6.01. The van der Waals surface area contributed by atoms with Gasteiger partial charge in [-0.1, -0.05) is 52.2 Å². The SMILES string of the molecule is CCCCC(=O)OC(O)(OCC(=O)[C@@]1(O)CC[C@H]2[C@@H]3CCC4=CC(=O)C=C[C@]4(C)[C@H]3C(O)C[C@@]21C)OC(=O)CCCC. The Bertz CT molecular complexity index is 1120. The van der Waals surface area contributed by atoms with E-state index in [1.54, 1.807) is 12.2 Å². The van der Waals surface area contributed by atoms with Crippen molar-refractivity contribution < 1.29 is 48.7 Å². The predicted molar refractivity (Wildman–Crippen MR) is 150 cm³/mol. The summed E-state index contributed by atoms with van der Waals surface area (Å²) in [6.07, 6.45) is 5.69. The number of hydrogen-bond acceptors (Lipinski definition) is 10. The molecule has 3 fully saturated rings. The summed E-state index contributed by atoms with van der Waals surface area (Å²) in [6.45, 7) is 6.73. The number of rotatable bonds is 12. The maximum Gasteiger partial charge on any atom is 0.512 e. The fourth-order valence-corrected chi connectivity index (χ4v) is 8.18. The lowest BCUT2D eigenvalue weighted by Gasteiger charge is -2.59. The Hall–Kier alpha value is -2.40. The van der Waals surface area contributed by atoms with Crippen molar-refractivity contribution in [2.75, 3.05) is 6.61 Å². The van der Waals surface area contributed by atoms with E-state index in [9.17, 15) is 34.5 Å². The van der Waals surface area contributed by atoms with Gasteiger partial charge in [-0.3, -0.25) is 29.0 Å². The van der Waals surface area contributed by atoms with Crippen LogP contribution < -0.4 is 0 Å². The van der Waals surface area contributed by atoms with Gasteiger partial charge in [-0.25, -0.2) is 0 Å². The molecule has 4 rings (SSSR count). The van der Waals surface area contributed by atoms with Gasteiger partial charge in [0.1, 0.15) is 12.2 Å². The van der Waals surface area contributed by atoms with Crippen molar-refractivity contribution >= 4 is 23.5 Å². The number of carbonyl (C=O) groups is 4. The summed E-state index contributed by atoms with van der Waals surface area (Å²) in [7, 11) is 0. The molecule has 10 heteroatoms. The number of aliphatic hydroxyl groups excluding tert-OH is 1. The molecule has 0 bridgehead atoms. The summed E-state index contributed by atoms with van der Waals surface area (Å²) in [5, 5.41) is 34.3. The first-order valence-corrected chi connectivity index (χ1v) is 15.4. The van der Waals surface area contributed by atoms with Crippen molar-refractivity contribution in [1.82, 2.24) is 0 Å². The quantitative estimate of drug-likeness (QED) is 0.226. The van der Waals surface area contributed by atoms with E-state index in [0.717, 1.165) is 12.0 Å². The van der Waals surface area contributed by atoms with Crippen LogP contribution in [0.25, 0.3) is 0 Å². The smallest absolute Gasteiger partial charge is 0.393 e. The number of esters is 2. The number of aliphatic hydroxyl groups is 3. The molecule has 0 aromatic heterocycles. The highest BCUT2D eigenvalue weighted by Gasteiger charge is 2.68. The van der Waals surface area contributed by atoms with Gasteiger partial charge in [0.2, 0.25) is 0 Å². The van der Waals surface area contributed by atoms with E-state index in [1.165, 1.54) is 0 Å². The molecule has 7 atom stereocenters. The fourth-order valence-electron chi connectivity index (χ4n) is 8.18. The average Bonchev–Trinajstić information content (AvgIpc) is 3.20. The molecule has 3 N–H and O–H groups in total. The van der Waals surface area contributed by atoms with Crippen LogP contribution in [0.5, 0.6) is 0 Å². The third-order valence-electron chi connectivity index (χ3n) is 10.4. The van der Waals surface area contributed by atoms with Crippen molar-refractivity contribution in [3.63, 3.8) is 0 Å². The topological polar surface area (TPSA) is 157 Å². The summed E-state index contributed by atoms with van der Waals surface area (Å²) in [5.74, 6) is -2.76. The van der Waals surface area contributed by atoms with E-state index in [1.807, 2.05) is 26.8 Å². The summed E-state index contributed by atoms with van der Waals surface area (Å²) in [4.78, 5) is 50.3. The number of ketones is 2. The highest BCUT2D eigenvalue weighted by Crippen LogP contribution is 2.67.